The molecule has 1 N–H and O–H groups in total. The second kappa shape index (κ2) is 5.88. The van der Waals surface area contributed by atoms with Gasteiger partial charge in [-0.3, -0.25) is 10.1 Å². The van der Waals surface area contributed by atoms with Crippen molar-refractivity contribution >= 4 is 23.0 Å². The van der Waals surface area contributed by atoms with Crippen molar-refractivity contribution < 1.29 is 9.31 Å². The Morgan fingerprint density at radius 2 is 1.95 bits per heavy atom. The zero-order valence-corrected chi connectivity index (χ0v) is 11.4. The molecule has 2 aromatic carbocycles. The molecule has 0 heterocycles. The van der Waals surface area contributed by atoms with Gasteiger partial charge < -0.3 is 5.32 Å². The van der Waals surface area contributed by atoms with Gasteiger partial charge in [-0.05, 0) is 25.1 Å². The molecule has 0 aliphatic carbocycles. The fraction of sp³-hybridized carbons (Fsp3) is 0.143. The third-order valence-corrected chi connectivity index (χ3v) is 3.22. The van der Waals surface area contributed by atoms with Crippen LogP contribution in [0.5, 0.6) is 0 Å². The molecular formula is C14H12ClFN2O2. The number of rotatable bonds is 4. The number of nitrogens with zero attached hydrogens (tertiary/aromatic N) is 1. The van der Waals surface area contributed by atoms with Gasteiger partial charge in [-0.25, -0.2) is 4.39 Å². The van der Waals surface area contributed by atoms with E-state index in [0.29, 0.717) is 5.56 Å². The Morgan fingerprint density at radius 3 is 2.60 bits per heavy atom. The van der Waals surface area contributed by atoms with Crippen LogP contribution in [0.3, 0.4) is 0 Å². The quantitative estimate of drug-likeness (QED) is 0.664. The molecule has 0 aliphatic heterocycles. The summed E-state index contributed by atoms with van der Waals surface area (Å²) in [5.74, 6) is -0.364. The molecule has 4 nitrogen and oxygen atoms in total. The average molecular weight is 295 g/mol. The molecule has 0 amide bonds. The van der Waals surface area contributed by atoms with Crippen LogP contribution in [-0.2, 0) is 0 Å². The maximum absolute atomic E-state index is 13.7. The molecule has 1 atom stereocenters. The van der Waals surface area contributed by atoms with Gasteiger partial charge in [-0.15, -0.1) is 0 Å². The highest BCUT2D eigenvalue weighted by molar-refractivity contribution is 6.33. The Balaban J connectivity index is 2.33. The van der Waals surface area contributed by atoms with Crippen LogP contribution in [0.2, 0.25) is 5.02 Å². The zero-order valence-electron chi connectivity index (χ0n) is 10.6. The predicted octanol–water partition coefficient (Wildman–Crippen LogP) is 4.56. The Hall–Kier alpha value is -2.14. The number of benzene rings is 2. The Bertz CT molecular complexity index is 649. The summed E-state index contributed by atoms with van der Waals surface area (Å²) in [7, 11) is 0. The highest BCUT2D eigenvalue weighted by Gasteiger charge is 2.20. The number of hydrogen-bond donors (Lipinski definition) is 1. The minimum atomic E-state index is -0.557. The summed E-state index contributed by atoms with van der Waals surface area (Å²) < 4.78 is 13.7. The first-order valence-electron chi connectivity index (χ1n) is 5.94. The van der Waals surface area contributed by atoms with Gasteiger partial charge in [0.05, 0.1) is 11.0 Å². The van der Waals surface area contributed by atoms with Crippen molar-refractivity contribution in [3.05, 3.63) is 69.0 Å². The third-order valence-electron chi connectivity index (χ3n) is 2.91. The van der Waals surface area contributed by atoms with E-state index >= 15 is 0 Å². The van der Waals surface area contributed by atoms with E-state index in [0.717, 1.165) is 0 Å². The van der Waals surface area contributed by atoms with Gasteiger partial charge in [0.15, 0.2) is 0 Å². The first kappa shape index (κ1) is 14.3. The van der Waals surface area contributed by atoms with E-state index in [1.54, 1.807) is 37.3 Å². The number of hydrogen-bond acceptors (Lipinski definition) is 3. The van der Waals surface area contributed by atoms with Crippen LogP contribution in [0.1, 0.15) is 18.5 Å². The summed E-state index contributed by atoms with van der Waals surface area (Å²) in [6.45, 7) is 1.73. The van der Waals surface area contributed by atoms with E-state index in [1.807, 2.05) is 0 Å². The lowest BCUT2D eigenvalue weighted by atomic mass is 10.1. The molecule has 0 radical (unpaired) electrons. The van der Waals surface area contributed by atoms with E-state index in [9.17, 15) is 14.5 Å². The average Bonchev–Trinajstić information content (AvgIpc) is 2.38. The number of anilines is 1. The van der Waals surface area contributed by atoms with Gasteiger partial charge in [0, 0.05) is 5.56 Å². The van der Waals surface area contributed by atoms with Crippen LogP contribution >= 0.6 is 11.6 Å². The normalized spacial score (nSPS) is 11.9. The van der Waals surface area contributed by atoms with Gasteiger partial charge in [0.1, 0.15) is 16.5 Å². The van der Waals surface area contributed by atoms with E-state index in [4.69, 9.17) is 11.6 Å². The van der Waals surface area contributed by atoms with Crippen LogP contribution < -0.4 is 5.32 Å². The van der Waals surface area contributed by atoms with E-state index < -0.39 is 11.0 Å². The molecule has 0 fully saturated rings. The smallest absolute Gasteiger partial charge is 0.310 e. The van der Waals surface area contributed by atoms with E-state index in [2.05, 4.69) is 5.32 Å². The zero-order chi connectivity index (χ0) is 14.7. The van der Waals surface area contributed by atoms with Crippen molar-refractivity contribution in [1.29, 1.82) is 0 Å². The molecule has 0 aromatic heterocycles. The number of halogens is 2. The molecule has 1 unspecified atom stereocenters. The van der Waals surface area contributed by atoms with Crippen molar-refractivity contribution in [3.63, 3.8) is 0 Å². The summed E-state index contributed by atoms with van der Waals surface area (Å²) in [6.07, 6.45) is 0. The van der Waals surface area contributed by atoms with Gasteiger partial charge in [-0.1, -0.05) is 35.9 Å². The van der Waals surface area contributed by atoms with Crippen LogP contribution in [0, 0.1) is 15.9 Å². The molecule has 0 aliphatic rings. The van der Waals surface area contributed by atoms with Crippen LogP contribution in [0.15, 0.2) is 42.5 Å². The fourth-order valence-electron chi connectivity index (χ4n) is 1.95. The molecule has 6 heteroatoms. The monoisotopic (exact) mass is 294 g/mol. The van der Waals surface area contributed by atoms with Crippen molar-refractivity contribution in [2.75, 3.05) is 5.32 Å². The molecule has 0 saturated carbocycles. The van der Waals surface area contributed by atoms with Crippen LogP contribution in [-0.4, -0.2) is 4.92 Å². The highest BCUT2D eigenvalue weighted by atomic mass is 35.5. The number of nitro groups is 1. The summed E-state index contributed by atoms with van der Waals surface area (Å²) in [4.78, 5) is 10.5. The number of nitro benzene ring substituents is 1. The molecule has 0 spiro atoms. The molecule has 0 saturated heterocycles. The van der Waals surface area contributed by atoms with Crippen molar-refractivity contribution in [2.45, 2.75) is 13.0 Å². The third kappa shape index (κ3) is 2.88. The minimum Gasteiger partial charge on any atom is -0.373 e. The van der Waals surface area contributed by atoms with Gasteiger partial charge in [0.25, 0.3) is 0 Å². The second-order valence-electron chi connectivity index (χ2n) is 4.28. The fourth-order valence-corrected chi connectivity index (χ4v) is 2.20. The summed E-state index contributed by atoms with van der Waals surface area (Å²) in [5.41, 5.74) is 0.484. The van der Waals surface area contributed by atoms with Crippen molar-refractivity contribution in [1.82, 2.24) is 0 Å². The van der Waals surface area contributed by atoms with Gasteiger partial charge in [0.2, 0.25) is 0 Å². The first-order chi connectivity index (χ1) is 9.50. The standard InChI is InChI=1S/C14H12ClFN2O2/c1-9(10-5-2-3-7-12(10)16)17-13-8-4-6-11(15)14(13)18(19)20/h2-9,17H,1H3. The summed E-state index contributed by atoms with van der Waals surface area (Å²) in [6, 6.07) is 10.4. The van der Waals surface area contributed by atoms with Gasteiger partial charge >= 0.3 is 5.69 Å². The largest absolute Gasteiger partial charge is 0.373 e. The summed E-state index contributed by atoms with van der Waals surface area (Å²) >= 11 is 5.83. The molecule has 20 heavy (non-hydrogen) atoms. The van der Waals surface area contributed by atoms with Crippen molar-refractivity contribution in [2.24, 2.45) is 0 Å². The van der Waals surface area contributed by atoms with Crippen LogP contribution in [0.4, 0.5) is 15.8 Å². The van der Waals surface area contributed by atoms with Crippen molar-refractivity contribution in [3.8, 4) is 0 Å². The summed E-state index contributed by atoms with van der Waals surface area (Å²) in [5, 5.41) is 14.0. The lowest BCUT2D eigenvalue weighted by Crippen LogP contribution is -2.10. The molecule has 2 aromatic rings. The van der Waals surface area contributed by atoms with Crippen LogP contribution in [0.25, 0.3) is 0 Å². The number of nitrogens with one attached hydrogen (secondary N) is 1. The maximum atomic E-state index is 13.7. The lowest BCUT2D eigenvalue weighted by molar-refractivity contribution is -0.383. The lowest BCUT2D eigenvalue weighted by Gasteiger charge is -2.16. The first-order valence-corrected chi connectivity index (χ1v) is 6.32. The van der Waals surface area contributed by atoms with E-state index in [-0.39, 0.29) is 22.2 Å². The second-order valence-corrected chi connectivity index (χ2v) is 4.69. The highest BCUT2D eigenvalue weighted by Crippen LogP contribution is 2.34. The Morgan fingerprint density at radius 1 is 1.25 bits per heavy atom. The van der Waals surface area contributed by atoms with Gasteiger partial charge in [-0.2, -0.15) is 0 Å². The molecular weight excluding hydrogens is 283 g/mol. The molecule has 0 bridgehead atoms. The Kier molecular flexibility index (Phi) is 4.20. The molecule has 104 valence electrons. The SMILES string of the molecule is CC(Nc1cccc(Cl)c1[N+](=O)[O-])c1ccccc1F. The van der Waals surface area contributed by atoms with E-state index in [1.165, 1.54) is 12.1 Å². The topological polar surface area (TPSA) is 55.2 Å². The Labute approximate surface area is 120 Å². The molecule has 2 rings (SSSR count). The predicted molar refractivity (Wildman–Crippen MR) is 76.5 cm³/mol. The maximum Gasteiger partial charge on any atom is 0.310 e. The minimum absolute atomic E-state index is 0.0423. The number of para-hydroxylation sites is 1.